The van der Waals surface area contributed by atoms with Gasteiger partial charge in [-0.15, -0.1) is 0 Å². The van der Waals surface area contributed by atoms with Crippen LogP contribution >= 0.6 is 11.6 Å². The Balaban J connectivity index is 3.03. The Kier molecular flexibility index (Phi) is 1.97. The van der Waals surface area contributed by atoms with Gasteiger partial charge in [-0.1, -0.05) is 11.6 Å². The van der Waals surface area contributed by atoms with Gasteiger partial charge in [0.15, 0.2) is 0 Å². The van der Waals surface area contributed by atoms with Gasteiger partial charge < -0.3 is 10.7 Å². The van der Waals surface area contributed by atoms with Gasteiger partial charge in [0.25, 0.3) is 5.56 Å². The lowest BCUT2D eigenvalue weighted by Gasteiger charge is -2.04. The molecule has 0 saturated heterocycles. The number of nitrogens with two attached hydrogens (primary N) is 1. The quantitative estimate of drug-likeness (QED) is 0.697. The minimum atomic E-state index is -0.136. The standard InChI is InChI=1S/C10H9ClN2O/c1-5-9(12)8-4-6(11)2-3-7(8)10(14)13-5/h2-4H,12H2,1H3,(H,13,14). The number of hydrogen-bond acceptors (Lipinski definition) is 2. The highest BCUT2D eigenvalue weighted by Crippen LogP contribution is 2.23. The van der Waals surface area contributed by atoms with Crippen molar-refractivity contribution in [1.29, 1.82) is 0 Å². The molecule has 0 saturated carbocycles. The summed E-state index contributed by atoms with van der Waals surface area (Å²) in [5, 5.41) is 1.85. The Morgan fingerprint density at radius 3 is 2.79 bits per heavy atom. The van der Waals surface area contributed by atoms with Crippen molar-refractivity contribution in [3.05, 3.63) is 39.3 Å². The first-order valence-corrected chi connectivity index (χ1v) is 4.55. The molecule has 0 spiro atoms. The number of H-pyrrole nitrogens is 1. The summed E-state index contributed by atoms with van der Waals surface area (Å²) in [6.45, 7) is 1.76. The van der Waals surface area contributed by atoms with Gasteiger partial charge in [0.2, 0.25) is 0 Å². The van der Waals surface area contributed by atoms with Crippen molar-refractivity contribution < 1.29 is 0 Å². The molecule has 0 amide bonds. The van der Waals surface area contributed by atoms with E-state index in [2.05, 4.69) is 4.98 Å². The first-order valence-electron chi connectivity index (χ1n) is 4.17. The summed E-state index contributed by atoms with van der Waals surface area (Å²) in [6.07, 6.45) is 0. The maximum Gasteiger partial charge on any atom is 0.256 e. The van der Waals surface area contributed by atoms with E-state index in [9.17, 15) is 4.79 Å². The fraction of sp³-hybridized carbons (Fsp3) is 0.100. The van der Waals surface area contributed by atoms with Crippen molar-refractivity contribution in [2.45, 2.75) is 6.92 Å². The molecule has 1 aromatic carbocycles. The average molecular weight is 209 g/mol. The van der Waals surface area contributed by atoms with Crippen LogP contribution in [0, 0.1) is 6.92 Å². The van der Waals surface area contributed by atoms with E-state index in [0.717, 1.165) is 0 Å². The molecule has 0 aliphatic carbocycles. The monoisotopic (exact) mass is 208 g/mol. The number of aryl methyl sites for hydroxylation is 1. The topological polar surface area (TPSA) is 58.9 Å². The van der Waals surface area contributed by atoms with Gasteiger partial charge in [0, 0.05) is 21.5 Å². The summed E-state index contributed by atoms with van der Waals surface area (Å²) in [6, 6.07) is 5.05. The third-order valence-corrected chi connectivity index (χ3v) is 2.46. The van der Waals surface area contributed by atoms with Gasteiger partial charge in [0.05, 0.1) is 5.69 Å². The number of nitrogens with one attached hydrogen (secondary N) is 1. The number of halogens is 1. The molecule has 0 aliphatic heterocycles. The molecule has 4 heteroatoms. The number of aromatic nitrogens is 1. The fourth-order valence-corrected chi connectivity index (χ4v) is 1.62. The Hall–Kier alpha value is -1.48. The molecule has 0 radical (unpaired) electrons. The predicted molar refractivity (Wildman–Crippen MR) is 58.7 cm³/mol. The molecule has 0 bridgehead atoms. The maximum absolute atomic E-state index is 11.5. The van der Waals surface area contributed by atoms with E-state index in [1.165, 1.54) is 0 Å². The summed E-state index contributed by atoms with van der Waals surface area (Å²) < 4.78 is 0. The molecule has 1 aromatic heterocycles. The van der Waals surface area contributed by atoms with Crippen LogP contribution in [0.3, 0.4) is 0 Å². The van der Waals surface area contributed by atoms with Crippen molar-refractivity contribution in [2.75, 3.05) is 5.73 Å². The van der Waals surface area contributed by atoms with Gasteiger partial charge in [-0.05, 0) is 25.1 Å². The molecule has 0 unspecified atom stereocenters. The van der Waals surface area contributed by atoms with Crippen LogP contribution in [0.15, 0.2) is 23.0 Å². The Labute approximate surface area is 85.5 Å². The second-order valence-electron chi connectivity index (χ2n) is 3.18. The Morgan fingerprint density at radius 2 is 2.07 bits per heavy atom. The number of hydrogen-bond donors (Lipinski definition) is 2. The third kappa shape index (κ3) is 1.26. The van der Waals surface area contributed by atoms with Crippen LogP contribution < -0.4 is 11.3 Å². The number of pyridine rings is 1. The van der Waals surface area contributed by atoms with E-state index in [1.807, 2.05) is 0 Å². The average Bonchev–Trinajstić information content (AvgIpc) is 2.14. The van der Waals surface area contributed by atoms with E-state index in [-0.39, 0.29) is 5.56 Å². The number of nitrogen functional groups attached to an aromatic ring is 1. The Morgan fingerprint density at radius 1 is 1.36 bits per heavy atom. The first-order chi connectivity index (χ1) is 6.59. The highest BCUT2D eigenvalue weighted by molar-refractivity contribution is 6.31. The molecule has 0 atom stereocenters. The zero-order chi connectivity index (χ0) is 10.3. The maximum atomic E-state index is 11.5. The van der Waals surface area contributed by atoms with Crippen LogP contribution in [0.4, 0.5) is 5.69 Å². The van der Waals surface area contributed by atoms with E-state index in [0.29, 0.717) is 27.2 Å². The smallest absolute Gasteiger partial charge is 0.256 e. The molecule has 0 aliphatic rings. The van der Waals surface area contributed by atoms with Crippen LogP contribution in [-0.4, -0.2) is 4.98 Å². The fourth-order valence-electron chi connectivity index (χ4n) is 1.44. The number of rotatable bonds is 0. The molecule has 14 heavy (non-hydrogen) atoms. The van der Waals surface area contributed by atoms with E-state index in [1.54, 1.807) is 25.1 Å². The molecule has 1 heterocycles. The van der Waals surface area contributed by atoms with Crippen LogP contribution in [0.5, 0.6) is 0 Å². The van der Waals surface area contributed by atoms with Crippen molar-refractivity contribution in [1.82, 2.24) is 4.98 Å². The molecule has 3 N–H and O–H groups in total. The molecule has 3 nitrogen and oxygen atoms in total. The normalized spacial score (nSPS) is 10.7. The number of anilines is 1. The minimum Gasteiger partial charge on any atom is -0.397 e. The van der Waals surface area contributed by atoms with Crippen molar-refractivity contribution in [3.63, 3.8) is 0 Å². The molecule has 72 valence electrons. The summed E-state index contributed by atoms with van der Waals surface area (Å²) in [4.78, 5) is 14.2. The lowest BCUT2D eigenvalue weighted by molar-refractivity contribution is 1.17. The van der Waals surface area contributed by atoms with Gasteiger partial charge in [-0.3, -0.25) is 4.79 Å². The van der Waals surface area contributed by atoms with Gasteiger partial charge in [-0.2, -0.15) is 0 Å². The second kappa shape index (κ2) is 3.03. The predicted octanol–water partition coefficient (Wildman–Crippen LogP) is 2.07. The van der Waals surface area contributed by atoms with Gasteiger partial charge in [0.1, 0.15) is 0 Å². The second-order valence-corrected chi connectivity index (χ2v) is 3.62. The third-order valence-electron chi connectivity index (χ3n) is 2.22. The largest absolute Gasteiger partial charge is 0.397 e. The summed E-state index contributed by atoms with van der Waals surface area (Å²) >= 11 is 5.83. The zero-order valence-corrected chi connectivity index (χ0v) is 8.35. The van der Waals surface area contributed by atoms with E-state index >= 15 is 0 Å². The van der Waals surface area contributed by atoms with Gasteiger partial charge >= 0.3 is 0 Å². The minimum absolute atomic E-state index is 0.136. The number of fused-ring (bicyclic) bond motifs is 1. The van der Waals surface area contributed by atoms with E-state index < -0.39 is 0 Å². The van der Waals surface area contributed by atoms with Crippen LogP contribution in [0.2, 0.25) is 5.02 Å². The summed E-state index contributed by atoms with van der Waals surface area (Å²) in [7, 11) is 0. The Bertz CT molecular complexity index is 560. The molecular formula is C10H9ClN2O. The molecule has 2 aromatic rings. The van der Waals surface area contributed by atoms with Crippen molar-refractivity contribution in [3.8, 4) is 0 Å². The molecule has 2 rings (SSSR count). The lowest BCUT2D eigenvalue weighted by Crippen LogP contribution is -2.10. The summed E-state index contributed by atoms with van der Waals surface area (Å²) in [5.74, 6) is 0. The molecular weight excluding hydrogens is 200 g/mol. The van der Waals surface area contributed by atoms with Gasteiger partial charge in [-0.25, -0.2) is 0 Å². The number of benzene rings is 1. The lowest BCUT2D eigenvalue weighted by atomic mass is 10.1. The van der Waals surface area contributed by atoms with E-state index in [4.69, 9.17) is 17.3 Å². The SMILES string of the molecule is Cc1[nH]c(=O)c2ccc(Cl)cc2c1N. The van der Waals surface area contributed by atoms with Crippen LogP contribution in [0.25, 0.3) is 10.8 Å². The van der Waals surface area contributed by atoms with Crippen LogP contribution in [0.1, 0.15) is 5.69 Å². The van der Waals surface area contributed by atoms with Crippen LogP contribution in [-0.2, 0) is 0 Å². The first kappa shape index (κ1) is 9.09. The zero-order valence-electron chi connectivity index (χ0n) is 7.60. The highest BCUT2D eigenvalue weighted by atomic mass is 35.5. The van der Waals surface area contributed by atoms with Crippen molar-refractivity contribution >= 4 is 28.1 Å². The highest BCUT2D eigenvalue weighted by Gasteiger charge is 2.05. The van der Waals surface area contributed by atoms with Crippen molar-refractivity contribution in [2.24, 2.45) is 0 Å². The summed E-state index contributed by atoms with van der Waals surface area (Å²) in [5.41, 5.74) is 6.93. The molecule has 0 fully saturated rings. The number of aromatic amines is 1.